The molecule has 0 saturated heterocycles. The van der Waals surface area contributed by atoms with Crippen molar-refractivity contribution in [3.8, 4) is 5.75 Å². The quantitative estimate of drug-likeness (QED) is 0.131. The van der Waals surface area contributed by atoms with Crippen LogP contribution in [0.2, 0.25) is 5.02 Å². The summed E-state index contributed by atoms with van der Waals surface area (Å²) in [6, 6.07) is 17.1. The summed E-state index contributed by atoms with van der Waals surface area (Å²) in [5, 5.41) is 3.51. The summed E-state index contributed by atoms with van der Waals surface area (Å²) in [7, 11) is 0. The predicted molar refractivity (Wildman–Crippen MR) is 158 cm³/mol. The van der Waals surface area contributed by atoms with Crippen molar-refractivity contribution in [3.63, 3.8) is 0 Å². The molecule has 0 radical (unpaired) electrons. The zero-order valence-electron chi connectivity index (χ0n) is 22.4. The number of rotatable bonds is 12. The fourth-order valence-corrected chi connectivity index (χ4v) is 5.14. The van der Waals surface area contributed by atoms with Gasteiger partial charge in [-0.3, -0.25) is 4.79 Å². The van der Waals surface area contributed by atoms with Crippen LogP contribution in [-0.2, 0) is 16.1 Å². The number of benzene rings is 3. The number of anilines is 1. The first-order chi connectivity index (χ1) is 19.4. The molecule has 0 aliphatic heterocycles. The van der Waals surface area contributed by atoms with Crippen LogP contribution < -0.4 is 10.1 Å². The average Bonchev–Trinajstić information content (AvgIpc) is 3.43. The van der Waals surface area contributed by atoms with Crippen molar-refractivity contribution >= 4 is 51.9 Å². The average molecular weight is 585 g/mol. The first kappa shape index (κ1) is 29.6. The van der Waals surface area contributed by atoms with E-state index in [1.165, 1.54) is 12.1 Å². The Morgan fingerprint density at radius 1 is 0.975 bits per heavy atom. The summed E-state index contributed by atoms with van der Waals surface area (Å²) >= 11 is 12.2. The Hall–Kier alpha value is -3.35. The van der Waals surface area contributed by atoms with Crippen molar-refractivity contribution in [2.45, 2.75) is 52.1 Å². The number of carbonyl (C=O) groups excluding carboxylic acids is 2. The molecule has 210 valence electrons. The van der Waals surface area contributed by atoms with Gasteiger partial charge in [-0.05, 0) is 110 Å². The predicted octanol–water partition coefficient (Wildman–Crippen LogP) is 8.68. The van der Waals surface area contributed by atoms with Gasteiger partial charge in [0.05, 0.1) is 12.2 Å². The van der Waals surface area contributed by atoms with E-state index in [2.05, 4.69) is 5.32 Å². The summed E-state index contributed by atoms with van der Waals surface area (Å²) in [6.07, 6.45) is 4.28. The van der Waals surface area contributed by atoms with Crippen molar-refractivity contribution in [3.05, 3.63) is 93.8 Å². The highest BCUT2D eigenvalue weighted by atomic mass is 35.5. The van der Waals surface area contributed by atoms with Crippen molar-refractivity contribution in [1.29, 1.82) is 0 Å². The number of allylic oxidation sites excluding steroid dienone is 2. The Morgan fingerprint density at radius 3 is 2.50 bits per heavy atom. The molecule has 4 rings (SSSR count). The van der Waals surface area contributed by atoms with Gasteiger partial charge < -0.3 is 14.8 Å². The van der Waals surface area contributed by atoms with Gasteiger partial charge in [-0.15, -0.1) is 11.6 Å². The molecule has 3 aromatic rings. The van der Waals surface area contributed by atoms with E-state index in [1.807, 2.05) is 24.3 Å². The second-order valence-electron chi connectivity index (χ2n) is 9.58. The molecule has 0 heterocycles. The van der Waals surface area contributed by atoms with E-state index in [-0.39, 0.29) is 24.9 Å². The maximum absolute atomic E-state index is 13.3. The number of amides is 1. The van der Waals surface area contributed by atoms with Crippen LogP contribution in [0.3, 0.4) is 0 Å². The van der Waals surface area contributed by atoms with Gasteiger partial charge in [0, 0.05) is 28.6 Å². The summed E-state index contributed by atoms with van der Waals surface area (Å²) < 4.78 is 24.8. The van der Waals surface area contributed by atoms with E-state index < -0.39 is 5.97 Å². The lowest BCUT2D eigenvalue weighted by molar-refractivity contribution is -0.116. The van der Waals surface area contributed by atoms with Gasteiger partial charge >= 0.3 is 5.97 Å². The fourth-order valence-electron chi connectivity index (χ4n) is 4.77. The van der Waals surface area contributed by atoms with E-state index in [0.29, 0.717) is 40.7 Å². The second kappa shape index (κ2) is 14.3. The van der Waals surface area contributed by atoms with E-state index >= 15 is 0 Å². The highest BCUT2D eigenvalue weighted by Gasteiger charge is 2.23. The number of halogens is 3. The Balaban J connectivity index is 1.70. The maximum atomic E-state index is 13.3. The molecule has 0 unspecified atom stereocenters. The van der Waals surface area contributed by atoms with Gasteiger partial charge in [-0.2, -0.15) is 0 Å². The van der Waals surface area contributed by atoms with E-state index in [9.17, 15) is 14.0 Å². The fraction of sp³-hybridized carbons (Fsp3) is 0.312. The van der Waals surface area contributed by atoms with Crippen LogP contribution in [-0.4, -0.2) is 24.4 Å². The number of hydrogen-bond acceptors (Lipinski definition) is 4. The third kappa shape index (κ3) is 7.86. The molecule has 0 bridgehead atoms. The SMILES string of the molecule is CCOC(=O)c1cc(NC(=O)CCCCCl)cc(C2=C(c3cc(Cl)ccc3OCc3ccc(F)cc3)CCC2)c1. The van der Waals surface area contributed by atoms with Gasteiger partial charge in [0.2, 0.25) is 5.91 Å². The van der Waals surface area contributed by atoms with E-state index in [4.69, 9.17) is 32.7 Å². The van der Waals surface area contributed by atoms with Crippen molar-refractivity contribution < 1.29 is 23.5 Å². The minimum atomic E-state index is -0.451. The molecule has 0 spiro atoms. The van der Waals surface area contributed by atoms with E-state index in [1.54, 1.807) is 31.2 Å². The van der Waals surface area contributed by atoms with Crippen molar-refractivity contribution in [2.75, 3.05) is 17.8 Å². The van der Waals surface area contributed by atoms with E-state index in [0.717, 1.165) is 53.5 Å². The molecule has 0 atom stereocenters. The summed E-state index contributed by atoms with van der Waals surface area (Å²) in [5.74, 6) is 0.286. The molecule has 0 fully saturated rings. The number of ether oxygens (including phenoxy) is 2. The summed E-state index contributed by atoms with van der Waals surface area (Å²) in [4.78, 5) is 25.3. The van der Waals surface area contributed by atoms with Gasteiger partial charge in [-0.1, -0.05) is 23.7 Å². The third-order valence-corrected chi connectivity index (χ3v) is 7.16. The van der Waals surface area contributed by atoms with Gasteiger partial charge in [0.15, 0.2) is 0 Å². The summed E-state index contributed by atoms with van der Waals surface area (Å²) in [6.45, 7) is 2.27. The largest absolute Gasteiger partial charge is 0.488 e. The normalized spacial score (nSPS) is 12.9. The monoisotopic (exact) mass is 583 g/mol. The van der Waals surface area contributed by atoms with Crippen LogP contribution in [0.4, 0.5) is 10.1 Å². The molecule has 1 amide bonds. The Morgan fingerprint density at radius 2 is 1.75 bits per heavy atom. The number of esters is 1. The van der Waals surface area contributed by atoms with Crippen LogP contribution in [0.15, 0.2) is 60.7 Å². The minimum absolute atomic E-state index is 0.135. The van der Waals surface area contributed by atoms with Crippen LogP contribution in [0.25, 0.3) is 11.1 Å². The Labute approximate surface area is 244 Å². The number of carbonyl (C=O) groups is 2. The number of unbranched alkanes of at least 4 members (excludes halogenated alkanes) is 1. The van der Waals surface area contributed by atoms with Crippen LogP contribution in [0, 0.1) is 5.82 Å². The van der Waals surface area contributed by atoms with Crippen LogP contribution in [0.1, 0.15) is 72.5 Å². The standard InChI is InChI=1S/C32H32Cl2FNO4/c1-2-39-32(38)23-16-22(17-26(18-23)36-31(37)8-3-4-15-33)27-6-5-7-28(27)29-19-24(34)11-14-30(29)40-20-21-9-12-25(35)13-10-21/h9-14,16-19H,2-8,15,20H2,1H3,(H,36,37). The zero-order valence-corrected chi connectivity index (χ0v) is 23.9. The lowest BCUT2D eigenvalue weighted by Crippen LogP contribution is -2.13. The lowest BCUT2D eigenvalue weighted by Gasteiger charge is -2.16. The van der Waals surface area contributed by atoms with Gasteiger partial charge in [0.1, 0.15) is 18.2 Å². The van der Waals surface area contributed by atoms with Crippen LogP contribution >= 0.6 is 23.2 Å². The molecular weight excluding hydrogens is 552 g/mol. The third-order valence-electron chi connectivity index (χ3n) is 6.66. The number of hydrogen-bond donors (Lipinski definition) is 1. The molecule has 8 heteroatoms. The first-order valence-electron chi connectivity index (χ1n) is 13.5. The maximum Gasteiger partial charge on any atom is 0.338 e. The molecular formula is C32H32Cl2FNO4. The molecule has 0 saturated carbocycles. The first-order valence-corrected chi connectivity index (χ1v) is 14.4. The molecule has 1 aliphatic rings. The second-order valence-corrected chi connectivity index (χ2v) is 10.4. The topological polar surface area (TPSA) is 64.6 Å². The Kier molecular flexibility index (Phi) is 10.6. The molecule has 1 aliphatic carbocycles. The van der Waals surface area contributed by atoms with Gasteiger partial charge in [-0.25, -0.2) is 9.18 Å². The highest BCUT2D eigenvalue weighted by molar-refractivity contribution is 6.30. The van der Waals surface area contributed by atoms with Crippen molar-refractivity contribution in [1.82, 2.24) is 0 Å². The summed E-state index contributed by atoms with van der Waals surface area (Å²) in [5.41, 5.74) is 5.57. The number of nitrogens with one attached hydrogen (secondary N) is 1. The van der Waals surface area contributed by atoms with Crippen LogP contribution in [0.5, 0.6) is 5.75 Å². The van der Waals surface area contributed by atoms with Crippen molar-refractivity contribution in [2.24, 2.45) is 0 Å². The molecule has 3 aromatic carbocycles. The molecule has 0 aromatic heterocycles. The lowest BCUT2D eigenvalue weighted by atomic mass is 9.94. The molecule has 1 N–H and O–H groups in total. The zero-order chi connectivity index (χ0) is 28.5. The highest BCUT2D eigenvalue weighted by Crippen LogP contribution is 2.44. The van der Waals surface area contributed by atoms with Gasteiger partial charge in [0.25, 0.3) is 0 Å². The smallest absolute Gasteiger partial charge is 0.338 e. The molecule has 40 heavy (non-hydrogen) atoms. The Bertz CT molecular complexity index is 1390. The molecule has 5 nitrogen and oxygen atoms in total. The number of alkyl halides is 1. The minimum Gasteiger partial charge on any atom is -0.488 e.